The number of hydrogen-bond donors (Lipinski definition) is 1. The van der Waals surface area contributed by atoms with E-state index in [9.17, 15) is 0 Å². The lowest BCUT2D eigenvalue weighted by Crippen LogP contribution is -2.26. The molecule has 1 nitrogen and oxygen atoms in total. The Bertz CT molecular complexity index is 307. The zero-order chi connectivity index (χ0) is 10.9. The summed E-state index contributed by atoms with van der Waals surface area (Å²) in [5, 5.41) is 0. The molecule has 1 atom stereocenters. The van der Waals surface area contributed by atoms with Gasteiger partial charge in [-0.2, -0.15) is 0 Å². The number of thiophene rings is 1. The summed E-state index contributed by atoms with van der Waals surface area (Å²) < 4.78 is 0. The smallest absolute Gasteiger partial charge is 0.0441 e. The number of hydrogen-bond acceptors (Lipinski definition) is 2. The Morgan fingerprint density at radius 1 is 1.43 bits per heavy atom. The van der Waals surface area contributed by atoms with Crippen molar-refractivity contribution >= 4 is 11.3 Å². The molecule has 0 aromatic carbocycles. The van der Waals surface area contributed by atoms with Crippen LogP contribution in [0, 0.1) is 12.3 Å². The molecule has 0 aliphatic rings. The van der Waals surface area contributed by atoms with Gasteiger partial charge in [0.15, 0.2) is 0 Å². The van der Waals surface area contributed by atoms with Gasteiger partial charge in [0.2, 0.25) is 0 Å². The van der Waals surface area contributed by atoms with Crippen LogP contribution in [0.4, 0.5) is 0 Å². The number of nitrogens with two attached hydrogens (primary N) is 1. The highest BCUT2D eigenvalue weighted by Gasteiger charge is 2.25. The highest BCUT2D eigenvalue weighted by molar-refractivity contribution is 7.12. The van der Waals surface area contributed by atoms with Crippen molar-refractivity contribution in [1.29, 1.82) is 0 Å². The van der Waals surface area contributed by atoms with Crippen LogP contribution in [-0.2, 0) is 6.42 Å². The largest absolute Gasteiger partial charge is 0.323 e. The van der Waals surface area contributed by atoms with Gasteiger partial charge in [-0.1, -0.05) is 27.7 Å². The van der Waals surface area contributed by atoms with E-state index < -0.39 is 0 Å². The fourth-order valence-corrected chi connectivity index (χ4v) is 2.88. The third kappa shape index (κ3) is 2.37. The van der Waals surface area contributed by atoms with Crippen LogP contribution in [0.15, 0.2) is 6.07 Å². The van der Waals surface area contributed by atoms with Gasteiger partial charge >= 0.3 is 0 Å². The molecule has 80 valence electrons. The Balaban J connectivity index is 3.05. The van der Waals surface area contributed by atoms with Crippen molar-refractivity contribution in [2.75, 3.05) is 0 Å². The summed E-state index contributed by atoms with van der Waals surface area (Å²) in [6.07, 6.45) is 1.09. The molecule has 0 saturated carbocycles. The highest BCUT2D eigenvalue weighted by Crippen LogP contribution is 2.37. The maximum Gasteiger partial charge on any atom is 0.0441 e. The quantitative estimate of drug-likeness (QED) is 0.793. The third-order valence-electron chi connectivity index (χ3n) is 2.56. The van der Waals surface area contributed by atoms with E-state index >= 15 is 0 Å². The van der Waals surface area contributed by atoms with E-state index in [1.165, 1.54) is 15.3 Å². The van der Waals surface area contributed by atoms with E-state index in [-0.39, 0.29) is 11.5 Å². The minimum atomic E-state index is 0.154. The van der Waals surface area contributed by atoms with Gasteiger partial charge in [-0.15, -0.1) is 11.3 Å². The van der Waals surface area contributed by atoms with Crippen molar-refractivity contribution in [3.05, 3.63) is 21.4 Å². The molecule has 2 N–H and O–H groups in total. The first-order valence-corrected chi connectivity index (χ1v) is 6.02. The molecule has 0 aliphatic heterocycles. The predicted octanol–water partition coefficient (Wildman–Crippen LogP) is 3.66. The summed E-state index contributed by atoms with van der Waals surface area (Å²) in [5.74, 6) is 0. The van der Waals surface area contributed by atoms with Gasteiger partial charge in [-0.05, 0) is 30.4 Å². The molecule has 1 rings (SSSR count). The molecule has 0 radical (unpaired) electrons. The van der Waals surface area contributed by atoms with Gasteiger partial charge < -0.3 is 5.73 Å². The second-order valence-electron chi connectivity index (χ2n) is 4.94. The maximum atomic E-state index is 6.27. The van der Waals surface area contributed by atoms with E-state index in [2.05, 4.69) is 40.7 Å². The summed E-state index contributed by atoms with van der Waals surface area (Å²) in [4.78, 5) is 2.74. The van der Waals surface area contributed by atoms with Gasteiger partial charge in [-0.3, -0.25) is 0 Å². The van der Waals surface area contributed by atoms with Crippen molar-refractivity contribution in [3.63, 3.8) is 0 Å². The molecular formula is C12H21NS. The number of aryl methyl sites for hydroxylation is 2. The topological polar surface area (TPSA) is 26.0 Å². The molecule has 0 bridgehead atoms. The van der Waals surface area contributed by atoms with E-state index in [4.69, 9.17) is 5.73 Å². The highest BCUT2D eigenvalue weighted by atomic mass is 32.1. The molecule has 1 aromatic heterocycles. The van der Waals surface area contributed by atoms with E-state index in [1.54, 1.807) is 0 Å². The van der Waals surface area contributed by atoms with Crippen LogP contribution >= 0.6 is 11.3 Å². The molecule has 1 heterocycles. The first kappa shape index (κ1) is 11.7. The van der Waals surface area contributed by atoms with Crippen molar-refractivity contribution in [1.82, 2.24) is 0 Å². The summed E-state index contributed by atoms with van der Waals surface area (Å²) in [6, 6.07) is 2.43. The Morgan fingerprint density at radius 2 is 2.00 bits per heavy atom. The van der Waals surface area contributed by atoms with E-state index in [0.717, 1.165) is 6.42 Å². The molecule has 1 aromatic rings. The maximum absolute atomic E-state index is 6.27. The van der Waals surface area contributed by atoms with Gasteiger partial charge in [0.25, 0.3) is 0 Å². The van der Waals surface area contributed by atoms with E-state index in [1.807, 2.05) is 11.3 Å². The molecule has 2 heteroatoms. The minimum Gasteiger partial charge on any atom is -0.323 e. The second-order valence-corrected chi connectivity index (χ2v) is 6.23. The molecule has 1 unspecified atom stereocenters. The average Bonchev–Trinajstić information content (AvgIpc) is 2.43. The first-order chi connectivity index (χ1) is 6.36. The van der Waals surface area contributed by atoms with Gasteiger partial charge in [-0.25, -0.2) is 0 Å². The van der Waals surface area contributed by atoms with Crippen LogP contribution in [0.2, 0.25) is 0 Å². The van der Waals surface area contributed by atoms with Crippen LogP contribution < -0.4 is 5.73 Å². The summed E-state index contributed by atoms with van der Waals surface area (Å²) in [7, 11) is 0. The van der Waals surface area contributed by atoms with Gasteiger partial charge in [0.05, 0.1) is 0 Å². The zero-order valence-corrected chi connectivity index (χ0v) is 10.7. The van der Waals surface area contributed by atoms with Gasteiger partial charge in [0, 0.05) is 15.8 Å². The molecule has 14 heavy (non-hydrogen) atoms. The summed E-state index contributed by atoms with van der Waals surface area (Å²) in [5.41, 5.74) is 7.85. The Labute approximate surface area is 91.3 Å². The molecular weight excluding hydrogens is 190 g/mol. The SMILES string of the molecule is CCc1cc(C)sc1C(N)C(C)(C)C. The fraction of sp³-hybridized carbons (Fsp3) is 0.667. The van der Waals surface area contributed by atoms with Crippen LogP contribution in [0.3, 0.4) is 0 Å². The lowest BCUT2D eigenvalue weighted by Gasteiger charge is -2.27. The van der Waals surface area contributed by atoms with Crippen molar-refractivity contribution in [2.45, 2.75) is 47.1 Å². The zero-order valence-electron chi connectivity index (χ0n) is 9.85. The van der Waals surface area contributed by atoms with Crippen LogP contribution in [-0.4, -0.2) is 0 Å². The fourth-order valence-electron chi connectivity index (χ4n) is 1.52. The minimum absolute atomic E-state index is 0.154. The molecule has 0 fully saturated rings. The summed E-state index contributed by atoms with van der Waals surface area (Å²) >= 11 is 1.85. The molecule has 0 spiro atoms. The normalized spacial score (nSPS) is 14.4. The van der Waals surface area contributed by atoms with Crippen LogP contribution in [0.1, 0.15) is 49.1 Å². The molecule has 0 saturated heterocycles. The lowest BCUT2D eigenvalue weighted by molar-refractivity contribution is 0.330. The standard InChI is InChI=1S/C12H21NS/c1-6-9-7-8(2)14-10(9)11(13)12(3,4)5/h7,11H,6,13H2,1-5H3. The molecule has 0 amide bonds. The predicted molar refractivity (Wildman–Crippen MR) is 64.8 cm³/mol. The third-order valence-corrected chi connectivity index (χ3v) is 3.74. The van der Waals surface area contributed by atoms with Crippen molar-refractivity contribution < 1.29 is 0 Å². The Morgan fingerprint density at radius 3 is 2.43 bits per heavy atom. The van der Waals surface area contributed by atoms with Crippen LogP contribution in [0.25, 0.3) is 0 Å². The Kier molecular flexibility index (Phi) is 3.38. The first-order valence-electron chi connectivity index (χ1n) is 5.21. The summed E-state index contributed by atoms with van der Waals surface area (Å²) in [6.45, 7) is 11.0. The van der Waals surface area contributed by atoms with Crippen molar-refractivity contribution in [2.24, 2.45) is 11.1 Å². The monoisotopic (exact) mass is 211 g/mol. The lowest BCUT2D eigenvalue weighted by atomic mass is 9.85. The average molecular weight is 211 g/mol. The van der Waals surface area contributed by atoms with Crippen molar-refractivity contribution in [3.8, 4) is 0 Å². The Hall–Kier alpha value is -0.340. The van der Waals surface area contributed by atoms with Gasteiger partial charge in [0.1, 0.15) is 0 Å². The van der Waals surface area contributed by atoms with E-state index in [0.29, 0.717) is 0 Å². The van der Waals surface area contributed by atoms with Crippen LogP contribution in [0.5, 0.6) is 0 Å². The molecule has 0 aliphatic carbocycles. The number of rotatable bonds is 2. The second kappa shape index (κ2) is 4.03.